The fraction of sp³-hybridized carbons (Fsp3) is 0.250. The minimum Gasteiger partial charge on any atom is -0.487 e. The van der Waals surface area contributed by atoms with Gasteiger partial charge >= 0.3 is 0 Å². The van der Waals surface area contributed by atoms with Crippen molar-refractivity contribution in [2.75, 3.05) is 0 Å². The molecule has 0 amide bonds. The lowest BCUT2D eigenvalue weighted by atomic mass is 10.1. The van der Waals surface area contributed by atoms with E-state index in [0.29, 0.717) is 6.61 Å². The van der Waals surface area contributed by atoms with Crippen LogP contribution in [-0.2, 0) is 13.0 Å². The molecule has 0 atom stereocenters. The standard InChI is InChI=1S/C16H17BrO/c1-3-14-9-12(2)10-15(17)16(14)18-11-13-7-5-4-6-8-13/h4-10H,3,11H2,1-2H3. The van der Waals surface area contributed by atoms with Crippen LogP contribution in [0.1, 0.15) is 23.6 Å². The molecule has 0 fully saturated rings. The summed E-state index contributed by atoms with van der Waals surface area (Å²) in [6, 6.07) is 14.5. The van der Waals surface area contributed by atoms with Gasteiger partial charge < -0.3 is 4.74 Å². The minimum atomic E-state index is 0.607. The van der Waals surface area contributed by atoms with Crippen LogP contribution in [0.2, 0.25) is 0 Å². The molecule has 94 valence electrons. The molecular formula is C16H17BrO. The van der Waals surface area contributed by atoms with Crippen molar-refractivity contribution in [2.24, 2.45) is 0 Å². The molecule has 0 saturated carbocycles. The normalized spacial score (nSPS) is 10.4. The lowest BCUT2D eigenvalue weighted by Gasteiger charge is -2.13. The van der Waals surface area contributed by atoms with E-state index in [1.54, 1.807) is 0 Å². The Kier molecular flexibility index (Phi) is 4.43. The Morgan fingerprint density at radius 3 is 2.50 bits per heavy atom. The fourth-order valence-corrected chi connectivity index (χ4v) is 2.69. The summed E-state index contributed by atoms with van der Waals surface area (Å²) in [7, 11) is 0. The summed E-state index contributed by atoms with van der Waals surface area (Å²) in [5.74, 6) is 0.965. The van der Waals surface area contributed by atoms with E-state index in [1.165, 1.54) is 16.7 Å². The Balaban J connectivity index is 2.19. The maximum Gasteiger partial charge on any atom is 0.137 e. The molecule has 0 saturated heterocycles. The molecule has 2 rings (SSSR count). The van der Waals surface area contributed by atoms with E-state index in [2.05, 4.69) is 54.0 Å². The Morgan fingerprint density at radius 1 is 1.11 bits per heavy atom. The van der Waals surface area contributed by atoms with Gasteiger partial charge in [0.2, 0.25) is 0 Å². The molecule has 0 aliphatic heterocycles. The lowest BCUT2D eigenvalue weighted by Crippen LogP contribution is -1.99. The summed E-state index contributed by atoms with van der Waals surface area (Å²) in [5, 5.41) is 0. The van der Waals surface area contributed by atoms with Gasteiger partial charge in [0.15, 0.2) is 0 Å². The van der Waals surface area contributed by atoms with Crippen molar-refractivity contribution in [2.45, 2.75) is 26.9 Å². The first-order valence-corrected chi connectivity index (χ1v) is 6.95. The molecular weight excluding hydrogens is 288 g/mol. The summed E-state index contributed by atoms with van der Waals surface area (Å²) >= 11 is 3.59. The third-order valence-electron chi connectivity index (χ3n) is 2.87. The topological polar surface area (TPSA) is 9.23 Å². The number of rotatable bonds is 4. The minimum absolute atomic E-state index is 0.607. The Hall–Kier alpha value is -1.28. The second-order valence-corrected chi connectivity index (χ2v) is 5.22. The number of hydrogen-bond donors (Lipinski definition) is 0. The van der Waals surface area contributed by atoms with Crippen LogP contribution >= 0.6 is 15.9 Å². The van der Waals surface area contributed by atoms with Gasteiger partial charge in [-0.1, -0.05) is 43.3 Å². The molecule has 0 unspecified atom stereocenters. The van der Waals surface area contributed by atoms with Crippen molar-refractivity contribution in [3.05, 3.63) is 63.6 Å². The molecule has 1 nitrogen and oxygen atoms in total. The van der Waals surface area contributed by atoms with Crippen molar-refractivity contribution >= 4 is 15.9 Å². The number of ether oxygens (including phenoxy) is 1. The predicted molar refractivity (Wildman–Crippen MR) is 79.0 cm³/mol. The predicted octanol–water partition coefficient (Wildman–Crippen LogP) is 4.90. The molecule has 2 heteroatoms. The van der Waals surface area contributed by atoms with Gasteiger partial charge in [-0.25, -0.2) is 0 Å². The molecule has 0 aliphatic carbocycles. The van der Waals surface area contributed by atoms with Crippen LogP contribution < -0.4 is 4.74 Å². The summed E-state index contributed by atoms with van der Waals surface area (Å²) in [4.78, 5) is 0. The molecule has 18 heavy (non-hydrogen) atoms. The van der Waals surface area contributed by atoms with E-state index in [9.17, 15) is 0 Å². The highest BCUT2D eigenvalue weighted by Crippen LogP contribution is 2.31. The molecule has 0 aliphatic rings. The number of halogens is 1. The van der Waals surface area contributed by atoms with Gasteiger partial charge in [0.25, 0.3) is 0 Å². The van der Waals surface area contributed by atoms with E-state index >= 15 is 0 Å². The Bertz CT molecular complexity index is 520. The molecule has 0 aromatic heterocycles. The third-order valence-corrected chi connectivity index (χ3v) is 3.46. The van der Waals surface area contributed by atoms with Gasteiger partial charge in [-0.05, 0) is 52.0 Å². The van der Waals surface area contributed by atoms with Crippen molar-refractivity contribution in [1.82, 2.24) is 0 Å². The average molecular weight is 305 g/mol. The largest absolute Gasteiger partial charge is 0.487 e. The van der Waals surface area contributed by atoms with Crippen molar-refractivity contribution < 1.29 is 4.74 Å². The van der Waals surface area contributed by atoms with Crippen molar-refractivity contribution in [1.29, 1.82) is 0 Å². The SMILES string of the molecule is CCc1cc(C)cc(Br)c1OCc1ccccc1. The van der Waals surface area contributed by atoms with Crippen molar-refractivity contribution in [3.8, 4) is 5.75 Å². The van der Waals surface area contributed by atoms with E-state index in [4.69, 9.17) is 4.74 Å². The fourth-order valence-electron chi connectivity index (χ4n) is 1.95. The second kappa shape index (κ2) is 6.05. The van der Waals surface area contributed by atoms with Crippen molar-refractivity contribution in [3.63, 3.8) is 0 Å². The number of benzene rings is 2. The smallest absolute Gasteiger partial charge is 0.137 e. The van der Waals surface area contributed by atoms with Gasteiger partial charge in [-0.15, -0.1) is 0 Å². The van der Waals surface area contributed by atoms with Gasteiger partial charge in [0.05, 0.1) is 4.47 Å². The van der Waals surface area contributed by atoms with Gasteiger partial charge in [-0.2, -0.15) is 0 Å². The maximum absolute atomic E-state index is 5.95. The Morgan fingerprint density at radius 2 is 1.83 bits per heavy atom. The van der Waals surface area contributed by atoms with Crippen LogP contribution in [0.3, 0.4) is 0 Å². The van der Waals surface area contributed by atoms with Crippen LogP contribution in [0.25, 0.3) is 0 Å². The first-order chi connectivity index (χ1) is 8.70. The highest BCUT2D eigenvalue weighted by molar-refractivity contribution is 9.10. The van der Waals surface area contributed by atoms with Crippen LogP contribution in [0.4, 0.5) is 0 Å². The number of aryl methyl sites for hydroxylation is 2. The summed E-state index contributed by atoms with van der Waals surface area (Å²) in [6.45, 7) is 4.86. The van der Waals surface area contributed by atoms with E-state index in [-0.39, 0.29) is 0 Å². The maximum atomic E-state index is 5.95. The summed E-state index contributed by atoms with van der Waals surface area (Å²) in [6.07, 6.45) is 0.977. The molecule has 2 aromatic rings. The zero-order chi connectivity index (χ0) is 13.0. The zero-order valence-corrected chi connectivity index (χ0v) is 12.3. The summed E-state index contributed by atoms with van der Waals surface area (Å²) < 4.78 is 6.99. The lowest BCUT2D eigenvalue weighted by molar-refractivity contribution is 0.301. The summed E-state index contributed by atoms with van der Waals surface area (Å²) in [5.41, 5.74) is 3.69. The molecule has 0 spiro atoms. The molecule has 0 heterocycles. The monoisotopic (exact) mass is 304 g/mol. The molecule has 0 bridgehead atoms. The van der Waals surface area contributed by atoms with Gasteiger partial charge in [0.1, 0.15) is 12.4 Å². The zero-order valence-electron chi connectivity index (χ0n) is 10.7. The molecule has 0 radical (unpaired) electrons. The highest BCUT2D eigenvalue weighted by Gasteiger charge is 2.08. The first kappa shape index (κ1) is 13.2. The average Bonchev–Trinajstić information content (AvgIpc) is 2.38. The van der Waals surface area contributed by atoms with Crippen LogP contribution in [0.5, 0.6) is 5.75 Å². The Labute approximate surface area is 117 Å². The number of hydrogen-bond acceptors (Lipinski definition) is 1. The van der Waals surface area contributed by atoms with E-state index < -0.39 is 0 Å². The van der Waals surface area contributed by atoms with Crippen LogP contribution in [0, 0.1) is 6.92 Å². The van der Waals surface area contributed by atoms with E-state index in [1.807, 2.05) is 18.2 Å². The highest BCUT2D eigenvalue weighted by atomic mass is 79.9. The van der Waals surface area contributed by atoms with Gasteiger partial charge in [-0.3, -0.25) is 0 Å². The third kappa shape index (κ3) is 3.14. The van der Waals surface area contributed by atoms with Crippen LogP contribution in [-0.4, -0.2) is 0 Å². The second-order valence-electron chi connectivity index (χ2n) is 4.36. The van der Waals surface area contributed by atoms with Crippen LogP contribution in [0.15, 0.2) is 46.9 Å². The quantitative estimate of drug-likeness (QED) is 0.780. The van der Waals surface area contributed by atoms with E-state index in [0.717, 1.165) is 16.6 Å². The first-order valence-electron chi connectivity index (χ1n) is 6.16. The molecule has 2 aromatic carbocycles. The van der Waals surface area contributed by atoms with Gasteiger partial charge in [0, 0.05) is 0 Å². The molecule has 0 N–H and O–H groups in total.